The van der Waals surface area contributed by atoms with Crippen LogP contribution in [0.3, 0.4) is 0 Å². The fourth-order valence-electron chi connectivity index (χ4n) is 10.5. The summed E-state index contributed by atoms with van der Waals surface area (Å²) in [5.74, 6) is 1.78. The number of thiophene rings is 1. The summed E-state index contributed by atoms with van der Waals surface area (Å²) in [6.45, 7) is 21.2. The molecule has 5 aliphatic rings. The molecule has 0 aromatic carbocycles. The number of hydrogen-bond acceptors (Lipinski definition) is 1. The van der Waals surface area contributed by atoms with Gasteiger partial charge in [0, 0.05) is 9.75 Å². The Kier molecular flexibility index (Phi) is 4.01. The second-order valence-corrected chi connectivity index (χ2v) is 16.1. The lowest BCUT2D eigenvalue weighted by molar-refractivity contribution is -0.160. The molecule has 0 saturated heterocycles. The van der Waals surface area contributed by atoms with Gasteiger partial charge in [0.05, 0.1) is 0 Å². The predicted molar refractivity (Wildman–Crippen MR) is 134 cm³/mol. The molecule has 6 atom stereocenters. The summed E-state index contributed by atoms with van der Waals surface area (Å²) in [5, 5.41) is 0. The van der Waals surface area contributed by atoms with Crippen LogP contribution >= 0.6 is 11.3 Å². The lowest BCUT2D eigenvalue weighted by Crippen LogP contribution is -2.63. The number of hydrogen-bond donors (Lipinski definition) is 0. The Morgan fingerprint density at radius 3 is 2.16 bits per heavy atom. The monoisotopic (exact) mass is 438 g/mol. The summed E-state index contributed by atoms with van der Waals surface area (Å²) in [7, 11) is 0. The SMILES string of the molecule is CC1(C)CC[C@]2(C)CC[C@]3(C)c4c(sc1c42)C[C@@H]1[C@@]2(C)CCCC(C)(C)[C@@H]2CC[C@]13C. The van der Waals surface area contributed by atoms with Crippen molar-refractivity contribution < 1.29 is 0 Å². The summed E-state index contributed by atoms with van der Waals surface area (Å²) in [6.07, 6.45) is 14.3. The minimum atomic E-state index is 0.375. The zero-order valence-electron chi connectivity index (χ0n) is 21.6. The zero-order valence-corrected chi connectivity index (χ0v) is 22.5. The van der Waals surface area contributed by atoms with Gasteiger partial charge in [-0.05, 0) is 113 Å². The van der Waals surface area contributed by atoms with Gasteiger partial charge in [0.2, 0.25) is 0 Å². The first-order valence-corrected chi connectivity index (χ1v) is 14.3. The Bertz CT molecular complexity index is 948. The molecule has 0 spiro atoms. The van der Waals surface area contributed by atoms with Gasteiger partial charge in [0.1, 0.15) is 0 Å². The summed E-state index contributed by atoms with van der Waals surface area (Å²) in [5.41, 5.74) is 6.49. The molecular weight excluding hydrogens is 392 g/mol. The van der Waals surface area contributed by atoms with Crippen LogP contribution in [0.25, 0.3) is 0 Å². The van der Waals surface area contributed by atoms with Gasteiger partial charge in [-0.2, -0.15) is 0 Å². The smallest absolute Gasteiger partial charge is 0.0145 e. The van der Waals surface area contributed by atoms with Crippen molar-refractivity contribution >= 4 is 11.3 Å². The van der Waals surface area contributed by atoms with Gasteiger partial charge in [0.15, 0.2) is 0 Å². The highest BCUT2D eigenvalue weighted by Gasteiger charge is 2.67. The molecule has 0 bridgehead atoms. The molecule has 5 aliphatic carbocycles. The Morgan fingerprint density at radius 2 is 1.42 bits per heavy atom. The Labute approximate surface area is 196 Å². The summed E-state index contributed by atoms with van der Waals surface area (Å²) < 4.78 is 0. The highest BCUT2D eigenvalue weighted by Crippen LogP contribution is 2.74. The van der Waals surface area contributed by atoms with E-state index in [0.717, 1.165) is 11.8 Å². The molecule has 1 aromatic rings. The Hall–Kier alpha value is -0.300. The van der Waals surface area contributed by atoms with E-state index < -0.39 is 0 Å². The van der Waals surface area contributed by atoms with E-state index in [9.17, 15) is 0 Å². The average Bonchev–Trinajstić information content (AvgIpc) is 3.08. The third-order valence-electron chi connectivity index (χ3n) is 12.7. The van der Waals surface area contributed by atoms with Crippen molar-refractivity contribution in [3.8, 4) is 0 Å². The van der Waals surface area contributed by atoms with Crippen molar-refractivity contribution in [3.05, 3.63) is 20.9 Å². The van der Waals surface area contributed by atoms with E-state index in [0.29, 0.717) is 32.5 Å². The van der Waals surface area contributed by atoms with Crippen LogP contribution in [-0.2, 0) is 22.7 Å². The number of fused-ring (bicyclic) bond motifs is 4. The molecule has 2 fully saturated rings. The van der Waals surface area contributed by atoms with Crippen LogP contribution in [-0.4, -0.2) is 0 Å². The molecule has 1 heteroatoms. The van der Waals surface area contributed by atoms with Gasteiger partial charge in [-0.3, -0.25) is 0 Å². The van der Waals surface area contributed by atoms with Crippen LogP contribution in [0.5, 0.6) is 0 Å². The third kappa shape index (κ3) is 2.34. The molecule has 0 nitrogen and oxygen atoms in total. The predicted octanol–water partition coefficient (Wildman–Crippen LogP) is 8.93. The third-order valence-corrected chi connectivity index (χ3v) is 14.3. The van der Waals surface area contributed by atoms with E-state index in [1.165, 1.54) is 64.2 Å². The van der Waals surface area contributed by atoms with Gasteiger partial charge in [-0.1, -0.05) is 61.8 Å². The second-order valence-electron chi connectivity index (χ2n) is 15.0. The quantitative estimate of drug-likeness (QED) is 0.379. The van der Waals surface area contributed by atoms with Crippen molar-refractivity contribution in [1.29, 1.82) is 0 Å². The van der Waals surface area contributed by atoms with Crippen LogP contribution in [0.1, 0.15) is 134 Å². The van der Waals surface area contributed by atoms with E-state index >= 15 is 0 Å². The molecule has 172 valence electrons. The van der Waals surface area contributed by atoms with E-state index in [4.69, 9.17) is 0 Å². The maximum absolute atomic E-state index is 2.77. The molecule has 0 N–H and O–H groups in total. The molecule has 1 heterocycles. The largest absolute Gasteiger partial charge is 0.144 e. The Morgan fingerprint density at radius 1 is 0.710 bits per heavy atom. The van der Waals surface area contributed by atoms with Crippen LogP contribution < -0.4 is 0 Å². The summed E-state index contributed by atoms with van der Waals surface area (Å²) >= 11 is 2.28. The van der Waals surface area contributed by atoms with Crippen LogP contribution in [0, 0.1) is 28.1 Å². The molecule has 1 aromatic heterocycles. The van der Waals surface area contributed by atoms with Gasteiger partial charge in [-0.15, -0.1) is 11.3 Å². The van der Waals surface area contributed by atoms with Crippen molar-refractivity contribution in [2.45, 2.75) is 136 Å². The maximum Gasteiger partial charge on any atom is 0.0145 e. The van der Waals surface area contributed by atoms with Crippen LogP contribution in [0.2, 0.25) is 0 Å². The zero-order chi connectivity index (χ0) is 22.2. The van der Waals surface area contributed by atoms with Crippen LogP contribution in [0.4, 0.5) is 0 Å². The van der Waals surface area contributed by atoms with Gasteiger partial charge >= 0.3 is 0 Å². The standard InChI is InChI=1S/C30H46S/c1-25(2)11-9-12-28(6)20(25)10-13-29(7)21(28)18-19-22-23-24(31-19)26(3,4)14-15-27(23,5)16-17-30(22,29)8/h20-21H,9-18H2,1-8H3/t20-,21+,27+,28-,29+,30+/m0/s1. The molecule has 6 rings (SSSR count). The topological polar surface area (TPSA) is 0 Å². The lowest BCUT2D eigenvalue weighted by Gasteiger charge is -2.69. The average molecular weight is 439 g/mol. The Balaban J connectivity index is 1.58. The lowest BCUT2D eigenvalue weighted by atomic mass is 9.35. The minimum Gasteiger partial charge on any atom is -0.144 e. The van der Waals surface area contributed by atoms with Crippen molar-refractivity contribution in [2.75, 3.05) is 0 Å². The molecule has 0 aliphatic heterocycles. The normalized spacial score (nSPS) is 49.0. The minimum absolute atomic E-state index is 0.375. The van der Waals surface area contributed by atoms with E-state index in [1.54, 1.807) is 4.88 Å². The van der Waals surface area contributed by atoms with Crippen molar-refractivity contribution in [2.24, 2.45) is 28.1 Å². The summed E-state index contributed by atoms with van der Waals surface area (Å²) in [6, 6.07) is 0. The first-order valence-electron chi connectivity index (χ1n) is 13.5. The fraction of sp³-hybridized carbons (Fsp3) is 0.867. The second kappa shape index (κ2) is 5.84. The van der Waals surface area contributed by atoms with Gasteiger partial charge < -0.3 is 0 Å². The molecule has 0 amide bonds. The number of rotatable bonds is 0. The molecule has 2 saturated carbocycles. The highest BCUT2D eigenvalue weighted by atomic mass is 32.1. The molecule has 0 unspecified atom stereocenters. The van der Waals surface area contributed by atoms with E-state index in [2.05, 4.69) is 66.7 Å². The van der Waals surface area contributed by atoms with Crippen LogP contribution in [0.15, 0.2) is 0 Å². The summed E-state index contributed by atoms with van der Waals surface area (Å²) in [4.78, 5) is 3.63. The van der Waals surface area contributed by atoms with E-state index in [1.807, 2.05) is 16.0 Å². The van der Waals surface area contributed by atoms with Crippen molar-refractivity contribution in [3.63, 3.8) is 0 Å². The van der Waals surface area contributed by atoms with Gasteiger partial charge in [-0.25, -0.2) is 0 Å². The first kappa shape index (κ1) is 21.2. The first-order chi connectivity index (χ1) is 14.3. The molecule has 0 radical (unpaired) electrons. The molecular formula is C30H46S. The highest BCUT2D eigenvalue weighted by molar-refractivity contribution is 7.12. The molecule has 31 heavy (non-hydrogen) atoms. The maximum atomic E-state index is 2.77. The van der Waals surface area contributed by atoms with Crippen molar-refractivity contribution in [1.82, 2.24) is 0 Å². The van der Waals surface area contributed by atoms with E-state index in [-0.39, 0.29) is 0 Å². The fourth-order valence-corrected chi connectivity index (χ4v) is 12.3. The van der Waals surface area contributed by atoms with Gasteiger partial charge in [0.25, 0.3) is 0 Å².